The van der Waals surface area contributed by atoms with Gasteiger partial charge in [0.05, 0.1) is 13.2 Å². The Morgan fingerprint density at radius 2 is 1.95 bits per heavy atom. The lowest BCUT2D eigenvalue weighted by molar-refractivity contribution is 0.212. The minimum absolute atomic E-state index is 0. The zero-order valence-electron chi connectivity index (χ0n) is 12.2. The Bertz CT molecular complexity index is 460. The number of rotatable bonds is 6. The molecule has 0 amide bonds. The quantitative estimate of drug-likeness (QED) is 0.375. The van der Waals surface area contributed by atoms with Crippen molar-refractivity contribution in [3.8, 4) is 0 Å². The van der Waals surface area contributed by atoms with E-state index in [0.717, 1.165) is 42.5 Å². The van der Waals surface area contributed by atoms with Gasteiger partial charge in [0.1, 0.15) is 0 Å². The number of hydrogen-bond acceptors (Lipinski definition) is 2. The fraction of sp³-hybridized carbons (Fsp3) is 0.533. The Morgan fingerprint density at radius 1 is 1.29 bits per heavy atom. The Hall–Kier alpha value is -0.530. The molecule has 2 rings (SSSR count). The number of aliphatic imine (C=N–C) groups is 1. The summed E-state index contributed by atoms with van der Waals surface area (Å²) in [6, 6.07) is 7.70. The lowest BCUT2D eigenvalue weighted by Gasteiger charge is -2.16. The van der Waals surface area contributed by atoms with Crippen molar-refractivity contribution < 1.29 is 5.11 Å². The SMILES string of the molecule is CCNC(=NCc1ccc(Cl)cc1)NCC1(CO)CC1.I. The highest BCUT2D eigenvalue weighted by Gasteiger charge is 2.41. The topological polar surface area (TPSA) is 56.7 Å². The van der Waals surface area contributed by atoms with Crippen LogP contribution in [0.5, 0.6) is 0 Å². The summed E-state index contributed by atoms with van der Waals surface area (Å²) in [6.07, 6.45) is 2.18. The van der Waals surface area contributed by atoms with Gasteiger partial charge in [-0.3, -0.25) is 0 Å². The second-order valence-electron chi connectivity index (χ2n) is 5.33. The smallest absolute Gasteiger partial charge is 0.191 e. The summed E-state index contributed by atoms with van der Waals surface area (Å²) < 4.78 is 0. The van der Waals surface area contributed by atoms with Crippen LogP contribution in [0, 0.1) is 5.41 Å². The lowest BCUT2D eigenvalue weighted by atomic mass is 10.1. The van der Waals surface area contributed by atoms with E-state index < -0.39 is 0 Å². The van der Waals surface area contributed by atoms with Crippen LogP contribution >= 0.6 is 35.6 Å². The molecule has 4 nitrogen and oxygen atoms in total. The molecule has 3 N–H and O–H groups in total. The predicted octanol–water partition coefficient (Wildman–Crippen LogP) is 2.79. The Morgan fingerprint density at radius 3 is 2.48 bits per heavy atom. The number of nitrogens with one attached hydrogen (secondary N) is 2. The van der Waals surface area contributed by atoms with Crippen molar-refractivity contribution in [1.82, 2.24) is 10.6 Å². The zero-order valence-corrected chi connectivity index (χ0v) is 15.3. The molecule has 1 fully saturated rings. The summed E-state index contributed by atoms with van der Waals surface area (Å²) in [5.41, 5.74) is 1.20. The Balaban J connectivity index is 0.00000220. The van der Waals surface area contributed by atoms with Gasteiger partial charge in [0.25, 0.3) is 0 Å². The first kappa shape index (κ1) is 18.5. The van der Waals surface area contributed by atoms with E-state index in [1.54, 1.807) is 0 Å². The normalized spacial score (nSPS) is 16.0. The molecule has 0 aromatic heterocycles. The number of aliphatic hydroxyl groups excluding tert-OH is 1. The molecule has 1 aliphatic carbocycles. The Kier molecular flexibility index (Phi) is 7.76. The summed E-state index contributed by atoms with van der Waals surface area (Å²) in [5, 5.41) is 16.6. The first-order valence-electron chi connectivity index (χ1n) is 7.05. The van der Waals surface area contributed by atoms with E-state index >= 15 is 0 Å². The molecule has 118 valence electrons. The second-order valence-corrected chi connectivity index (χ2v) is 5.77. The molecule has 1 saturated carbocycles. The second kappa shape index (κ2) is 8.80. The number of benzene rings is 1. The molecule has 6 heteroatoms. The van der Waals surface area contributed by atoms with Gasteiger partial charge < -0.3 is 15.7 Å². The van der Waals surface area contributed by atoms with E-state index in [0.29, 0.717) is 6.54 Å². The molecule has 0 saturated heterocycles. The van der Waals surface area contributed by atoms with Gasteiger partial charge in [-0.2, -0.15) is 0 Å². The predicted molar refractivity (Wildman–Crippen MR) is 98.4 cm³/mol. The van der Waals surface area contributed by atoms with E-state index in [1.807, 2.05) is 31.2 Å². The van der Waals surface area contributed by atoms with Crippen molar-refractivity contribution in [3.05, 3.63) is 34.9 Å². The van der Waals surface area contributed by atoms with E-state index in [4.69, 9.17) is 11.6 Å². The van der Waals surface area contributed by atoms with Gasteiger partial charge in [-0.05, 0) is 37.5 Å². The van der Waals surface area contributed by atoms with Gasteiger partial charge in [-0.1, -0.05) is 23.7 Å². The molecule has 1 aliphatic rings. The maximum Gasteiger partial charge on any atom is 0.191 e. The van der Waals surface area contributed by atoms with Crippen LogP contribution in [0.2, 0.25) is 5.02 Å². The van der Waals surface area contributed by atoms with Crippen LogP contribution in [-0.4, -0.2) is 30.8 Å². The highest BCUT2D eigenvalue weighted by molar-refractivity contribution is 14.0. The van der Waals surface area contributed by atoms with E-state index in [9.17, 15) is 5.11 Å². The van der Waals surface area contributed by atoms with E-state index in [2.05, 4.69) is 15.6 Å². The van der Waals surface area contributed by atoms with E-state index in [-0.39, 0.29) is 36.0 Å². The summed E-state index contributed by atoms with van der Waals surface area (Å²) in [7, 11) is 0. The highest BCUT2D eigenvalue weighted by Crippen LogP contribution is 2.44. The number of halogens is 2. The number of aliphatic hydroxyl groups is 1. The monoisotopic (exact) mass is 423 g/mol. The maximum absolute atomic E-state index is 9.32. The third-order valence-corrected chi connectivity index (χ3v) is 3.85. The average molecular weight is 424 g/mol. The van der Waals surface area contributed by atoms with Crippen molar-refractivity contribution in [3.63, 3.8) is 0 Å². The molecule has 21 heavy (non-hydrogen) atoms. The molecule has 0 spiro atoms. The van der Waals surface area contributed by atoms with Crippen LogP contribution in [0.4, 0.5) is 0 Å². The van der Waals surface area contributed by atoms with Gasteiger partial charge in [-0.15, -0.1) is 24.0 Å². The maximum atomic E-state index is 9.32. The first-order chi connectivity index (χ1) is 9.67. The minimum atomic E-state index is 0. The van der Waals surface area contributed by atoms with Crippen molar-refractivity contribution in [2.24, 2.45) is 10.4 Å². The third-order valence-electron chi connectivity index (χ3n) is 3.60. The highest BCUT2D eigenvalue weighted by atomic mass is 127. The van der Waals surface area contributed by atoms with Crippen LogP contribution in [0.15, 0.2) is 29.3 Å². The van der Waals surface area contributed by atoms with Crippen LogP contribution in [-0.2, 0) is 6.54 Å². The molecule has 0 aliphatic heterocycles. The van der Waals surface area contributed by atoms with Gasteiger partial charge in [-0.25, -0.2) is 4.99 Å². The molecule has 0 unspecified atom stereocenters. The van der Waals surface area contributed by atoms with Crippen LogP contribution in [0.25, 0.3) is 0 Å². The number of nitrogens with zero attached hydrogens (tertiary/aromatic N) is 1. The molecule has 1 aromatic rings. The molecular formula is C15H23ClIN3O. The number of guanidine groups is 1. The zero-order chi connectivity index (χ0) is 14.4. The van der Waals surface area contributed by atoms with Crippen molar-refractivity contribution in [2.45, 2.75) is 26.3 Å². The van der Waals surface area contributed by atoms with Crippen molar-refractivity contribution in [2.75, 3.05) is 19.7 Å². The lowest BCUT2D eigenvalue weighted by Crippen LogP contribution is -2.41. The first-order valence-corrected chi connectivity index (χ1v) is 7.43. The van der Waals surface area contributed by atoms with Crippen LogP contribution in [0.3, 0.4) is 0 Å². The van der Waals surface area contributed by atoms with Gasteiger partial charge in [0, 0.05) is 23.5 Å². The Labute approximate surface area is 148 Å². The fourth-order valence-electron chi connectivity index (χ4n) is 1.94. The summed E-state index contributed by atoms with van der Waals surface area (Å²) in [5.74, 6) is 0.794. The summed E-state index contributed by atoms with van der Waals surface area (Å²) >= 11 is 5.86. The van der Waals surface area contributed by atoms with Crippen molar-refractivity contribution >= 4 is 41.5 Å². The molecule has 0 heterocycles. The van der Waals surface area contributed by atoms with Crippen molar-refractivity contribution in [1.29, 1.82) is 0 Å². The molecule has 1 aromatic carbocycles. The summed E-state index contributed by atoms with van der Waals surface area (Å²) in [4.78, 5) is 4.55. The molecule has 0 radical (unpaired) electrons. The standard InChI is InChI=1S/C15H22ClN3O.HI/c1-2-17-14(19-10-15(11-20)7-8-15)18-9-12-3-5-13(16)6-4-12;/h3-6,20H,2,7-11H2,1H3,(H2,17,18,19);1H. The largest absolute Gasteiger partial charge is 0.396 e. The van der Waals surface area contributed by atoms with Crippen LogP contribution in [0.1, 0.15) is 25.3 Å². The van der Waals surface area contributed by atoms with Crippen LogP contribution < -0.4 is 10.6 Å². The number of hydrogen-bond donors (Lipinski definition) is 3. The fourth-order valence-corrected chi connectivity index (χ4v) is 2.07. The molecular weight excluding hydrogens is 401 g/mol. The molecule has 0 bridgehead atoms. The van der Waals surface area contributed by atoms with Gasteiger partial charge >= 0.3 is 0 Å². The van der Waals surface area contributed by atoms with E-state index in [1.165, 1.54) is 0 Å². The third kappa shape index (κ3) is 6.00. The minimum Gasteiger partial charge on any atom is -0.396 e. The molecule has 0 atom stereocenters. The summed E-state index contributed by atoms with van der Waals surface area (Å²) in [6.45, 7) is 4.49. The van der Waals surface area contributed by atoms with Gasteiger partial charge in [0.2, 0.25) is 0 Å². The average Bonchev–Trinajstić information content (AvgIpc) is 3.24. The van der Waals surface area contributed by atoms with Gasteiger partial charge in [0.15, 0.2) is 5.96 Å².